The topological polar surface area (TPSA) is 58.1 Å². The van der Waals surface area contributed by atoms with E-state index in [1.165, 1.54) is 0 Å². The molecule has 2 heterocycles. The summed E-state index contributed by atoms with van der Waals surface area (Å²) in [6.45, 7) is 0.151. The number of anilines is 1. The number of halogens is 5. The maximum atomic E-state index is 12.7. The molecule has 24 heavy (non-hydrogen) atoms. The van der Waals surface area contributed by atoms with Crippen LogP contribution in [0.25, 0.3) is 0 Å². The number of nitrogens with zero attached hydrogens (tertiary/aromatic N) is 3. The van der Waals surface area contributed by atoms with Crippen molar-refractivity contribution in [2.75, 3.05) is 24.5 Å². The summed E-state index contributed by atoms with van der Waals surface area (Å²) in [5.74, 6) is -0.431. The quantitative estimate of drug-likeness (QED) is 0.828. The first-order valence-corrected chi connectivity index (χ1v) is 7.45. The third kappa shape index (κ3) is 5.27. The van der Waals surface area contributed by atoms with Gasteiger partial charge in [-0.15, -0.1) is 0 Å². The Morgan fingerprint density at radius 2 is 2.00 bits per heavy atom. The number of carbonyl (C=O) groups excluding carboxylic acids is 1. The molecule has 0 bridgehead atoms. The van der Waals surface area contributed by atoms with Crippen molar-refractivity contribution >= 4 is 11.9 Å². The van der Waals surface area contributed by atoms with Gasteiger partial charge in [0.25, 0.3) is 6.43 Å². The van der Waals surface area contributed by atoms with E-state index in [-0.39, 0.29) is 18.3 Å². The molecule has 1 fully saturated rings. The van der Waals surface area contributed by atoms with E-state index < -0.39 is 30.7 Å². The highest BCUT2D eigenvalue weighted by atomic mass is 19.4. The zero-order valence-electron chi connectivity index (χ0n) is 12.7. The number of carbonyl (C=O) groups is 1. The Morgan fingerprint density at radius 1 is 1.33 bits per heavy atom. The van der Waals surface area contributed by atoms with Gasteiger partial charge in [0, 0.05) is 25.7 Å². The van der Waals surface area contributed by atoms with Gasteiger partial charge >= 0.3 is 6.18 Å². The number of aromatic nitrogens is 2. The highest BCUT2D eigenvalue weighted by molar-refractivity contribution is 5.76. The Hall–Kier alpha value is -2.00. The van der Waals surface area contributed by atoms with Gasteiger partial charge < -0.3 is 10.2 Å². The third-order valence-corrected chi connectivity index (χ3v) is 3.76. The van der Waals surface area contributed by atoms with Crippen molar-refractivity contribution in [2.45, 2.75) is 31.9 Å². The number of hydrogen-bond acceptors (Lipinski definition) is 4. The van der Waals surface area contributed by atoms with Crippen LogP contribution in [0, 0.1) is 5.92 Å². The highest BCUT2D eigenvalue weighted by Crippen LogP contribution is 2.29. The molecule has 0 saturated carbocycles. The zero-order chi connectivity index (χ0) is 17.7. The summed E-state index contributed by atoms with van der Waals surface area (Å²) >= 11 is 0. The zero-order valence-corrected chi connectivity index (χ0v) is 12.7. The number of rotatable bonds is 5. The van der Waals surface area contributed by atoms with E-state index in [9.17, 15) is 26.7 Å². The Balaban J connectivity index is 1.86. The summed E-state index contributed by atoms with van der Waals surface area (Å²) in [6, 6.07) is 0.809. The number of piperidine rings is 1. The maximum Gasteiger partial charge on any atom is 0.433 e. The van der Waals surface area contributed by atoms with Crippen LogP contribution in [0.3, 0.4) is 0 Å². The molecule has 5 nitrogen and oxygen atoms in total. The second-order valence-corrected chi connectivity index (χ2v) is 5.57. The fourth-order valence-corrected chi connectivity index (χ4v) is 2.52. The van der Waals surface area contributed by atoms with E-state index in [0.29, 0.717) is 25.9 Å². The molecule has 10 heteroatoms. The van der Waals surface area contributed by atoms with Crippen molar-refractivity contribution in [3.63, 3.8) is 0 Å². The van der Waals surface area contributed by atoms with Crippen LogP contribution in [0.1, 0.15) is 25.0 Å². The standard InChI is InChI=1S/C14H17F5N4O/c15-11(16)8-21-12(24)7-9-2-5-23(6-3-9)13-20-4-1-10(22-13)14(17,18)19/h1,4,9,11H,2-3,5-8H2,(H,21,24). The molecule has 1 saturated heterocycles. The molecule has 0 radical (unpaired) electrons. The lowest BCUT2D eigenvalue weighted by Crippen LogP contribution is -2.37. The van der Waals surface area contributed by atoms with Gasteiger partial charge in [-0.05, 0) is 24.8 Å². The molecule has 0 spiro atoms. The van der Waals surface area contributed by atoms with Gasteiger partial charge in [0.05, 0.1) is 6.54 Å². The van der Waals surface area contributed by atoms with Crippen LogP contribution in [0.15, 0.2) is 12.3 Å². The van der Waals surface area contributed by atoms with Crippen LogP contribution < -0.4 is 10.2 Å². The first-order valence-electron chi connectivity index (χ1n) is 7.45. The summed E-state index contributed by atoms with van der Waals surface area (Å²) in [5.41, 5.74) is -0.999. The highest BCUT2D eigenvalue weighted by Gasteiger charge is 2.33. The van der Waals surface area contributed by atoms with E-state index in [1.54, 1.807) is 4.90 Å². The normalized spacial score (nSPS) is 16.5. The average molecular weight is 352 g/mol. The molecule has 1 N–H and O–H groups in total. The maximum absolute atomic E-state index is 12.7. The molecule has 0 unspecified atom stereocenters. The molecule has 0 aromatic carbocycles. The SMILES string of the molecule is O=C(CC1CCN(c2nccc(C(F)(F)F)n2)CC1)NCC(F)F. The Labute approximate surface area is 135 Å². The van der Waals surface area contributed by atoms with Crippen LogP contribution in [-0.2, 0) is 11.0 Å². The summed E-state index contributed by atoms with van der Waals surface area (Å²) in [5, 5.41) is 2.14. The van der Waals surface area contributed by atoms with Crippen molar-refractivity contribution in [1.82, 2.24) is 15.3 Å². The number of nitrogens with one attached hydrogen (secondary N) is 1. The van der Waals surface area contributed by atoms with Crippen molar-refractivity contribution in [3.8, 4) is 0 Å². The van der Waals surface area contributed by atoms with Gasteiger partial charge in [0.2, 0.25) is 11.9 Å². The van der Waals surface area contributed by atoms with Crippen LogP contribution in [-0.4, -0.2) is 41.9 Å². The Morgan fingerprint density at radius 3 is 2.58 bits per heavy atom. The first-order chi connectivity index (χ1) is 11.3. The molecule has 1 aliphatic heterocycles. The molecule has 2 rings (SSSR count). The van der Waals surface area contributed by atoms with Gasteiger partial charge in [-0.25, -0.2) is 18.7 Å². The van der Waals surface area contributed by atoms with E-state index in [1.807, 2.05) is 0 Å². The number of amides is 1. The molecule has 1 aliphatic rings. The molecule has 1 aromatic rings. The number of alkyl halides is 5. The molecule has 1 amide bonds. The van der Waals surface area contributed by atoms with E-state index in [4.69, 9.17) is 0 Å². The Kier molecular flexibility index (Phi) is 5.89. The van der Waals surface area contributed by atoms with Crippen molar-refractivity contribution < 1.29 is 26.7 Å². The van der Waals surface area contributed by atoms with Gasteiger partial charge in [0.1, 0.15) is 5.69 Å². The van der Waals surface area contributed by atoms with Crippen LogP contribution in [0.2, 0.25) is 0 Å². The van der Waals surface area contributed by atoms with Crippen molar-refractivity contribution in [2.24, 2.45) is 5.92 Å². The average Bonchev–Trinajstić information content (AvgIpc) is 2.53. The minimum Gasteiger partial charge on any atom is -0.350 e. The molecule has 134 valence electrons. The van der Waals surface area contributed by atoms with Crippen LogP contribution in [0.4, 0.5) is 27.9 Å². The monoisotopic (exact) mass is 352 g/mol. The lowest BCUT2D eigenvalue weighted by Gasteiger charge is -2.31. The summed E-state index contributed by atoms with van der Waals surface area (Å²) in [6.07, 6.45) is -4.81. The minimum absolute atomic E-state index is 0.00437. The smallest absolute Gasteiger partial charge is 0.350 e. The Bertz CT molecular complexity index is 558. The summed E-state index contributed by atoms with van der Waals surface area (Å²) in [4.78, 5) is 20.5. The van der Waals surface area contributed by atoms with Crippen molar-refractivity contribution in [1.29, 1.82) is 0 Å². The van der Waals surface area contributed by atoms with Gasteiger partial charge in [-0.3, -0.25) is 4.79 Å². The van der Waals surface area contributed by atoms with Crippen LogP contribution in [0.5, 0.6) is 0 Å². The second kappa shape index (κ2) is 7.71. The second-order valence-electron chi connectivity index (χ2n) is 5.57. The first kappa shape index (κ1) is 18.3. The predicted octanol–water partition coefficient (Wildman–Crippen LogP) is 2.48. The van der Waals surface area contributed by atoms with Gasteiger partial charge in [-0.2, -0.15) is 13.2 Å². The predicted molar refractivity (Wildman–Crippen MR) is 75.6 cm³/mol. The number of hydrogen-bond donors (Lipinski definition) is 1. The molecular weight excluding hydrogens is 335 g/mol. The fourth-order valence-electron chi connectivity index (χ4n) is 2.52. The molecule has 0 aliphatic carbocycles. The summed E-state index contributed by atoms with van der Waals surface area (Å²) in [7, 11) is 0. The van der Waals surface area contributed by atoms with E-state index in [2.05, 4.69) is 15.3 Å². The van der Waals surface area contributed by atoms with Gasteiger partial charge in [0.15, 0.2) is 0 Å². The fraction of sp³-hybridized carbons (Fsp3) is 0.643. The third-order valence-electron chi connectivity index (χ3n) is 3.76. The van der Waals surface area contributed by atoms with E-state index in [0.717, 1.165) is 12.3 Å². The molecular formula is C14H17F5N4O. The molecule has 0 atom stereocenters. The lowest BCUT2D eigenvalue weighted by molar-refractivity contribution is -0.141. The summed E-state index contributed by atoms with van der Waals surface area (Å²) < 4.78 is 62.0. The van der Waals surface area contributed by atoms with Crippen molar-refractivity contribution in [3.05, 3.63) is 18.0 Å². The lowest BCUT2D eigenvalue weighted by atomic mass is 9.93. The van der Waals surface area contributed by atoms with E-state index >= 15 is 0 Å². The largest absolute Gasteiger partial charge is 0.433 e. The van der Waals surface area contributed by atoms with Crippen LogP contribution >= 0.6 is 0 Å². The molecule has 1 aromatic heterocycles. The van der Waals surface area contributed by atoms with Gasteiger partial charge in [-0.1, -0.05) is 0 Å². The minimum atomic E-state index is -4.53.